The van der Waals surface area contributed by atoms with Crippen LogP contribution in [0.5, 0.6) is 5.75 Å². The van der Waals surface area contributed by atoms with E-state index in [4.69, 9.17) is 10.5 Å². The molecular weight excluding hydrogens is 266 g/mol. The van der Waals surface area contributed by atoms with E-state index in [0.717, 1.165) is 31.7 Å². The van der Waals surface area contributed by atoms with Crippen LogP contribution in [0.4, 0.5) is 0 Å². The number of nitrogens with two attached hydrogens (primary N) is 1. The summed E-state index contributed by atoms with van der Waals surface area (Å²) >= 11 is 0. The highest BCUT2D eigenvalue weighted by atomic mass is 16.5. The summed E-state index contributed by atoms with van der Waals surface area (Å²) in [6, 6.07) is 8.81. The first kappa shape index (κ1) is 15.8. The molecule has 21 heavy (non-hydrogen) atoms. The third-order valence-corrected chi connectivity index (χ3v) is 4.06. The monoisotopic (exact) mass is 291 g/mol. The molecule has 1 aromatic carbocycles. The van der Waals surface area contributed by atoms with Gasteiger partial charge in [0.1, 0.15) is 5.75 Å². The number of hydrogen-bond donors (Lipinski definition) is 2. The van der Waals surface area contributed by atoms with E-state index >= 15 is 0 Å². The quantitative estimate of drug-likeness (QED) is 0.829. The third kappa shape index (κ3) is 4.44. The van der Waals surface area contributed by atoms with Crippen molar-refractivity contribution in [3.05, 3.63) is 29.8 Å². The first-order valence-electron chi connectivity index (χ1n) is 7.49. The van der Waals surface area contributed by atoms with Crippen LogP contribution < -0.4 is 15.8 Å². The standard InChI is InChI=1S/C16H25N3O2/c1-12(14-5-3-4-6-15(14)21-2)18-13-7-9-19(10-8-13)11-16(17)20/h3-6,12-13,18H,7-11H2,1-2H3,(H2,17,20). The first-order chi connectivity index (χ1) is 10.1. The maximum absolute atomic E-state index is 10.9. The second-order valence-electron chi connectivity index (χ2n) is 5.65. The van der Waals surface area contributed by atoms with Gasteiger partial charge in [0.2, 0.25) is 5.91 Å². The van der Waals surface area contributed by atoms with E-state index in [1.54, 1.807) is 7.11 Å². The molecule has 0 aliphatic carbocycles. The zero-order valence-electron chi connectivity index (χ0n) is 12.8. The van der Waals surface area contributed by atoms with Crippen molar-refractivity contribution < 1.29 is 9.53 Å². The second kappa shape index (κ2) is 7.43. The molecule has 1 unspecified atom stereocenters. The number of nitrogens with zero attached hydrogens (tertiary/aromatic N) is 1. The van der Waals surface area contributed by atoms with E-state index in [1.165, 1.54) is 5.56 Å². The Kier molecular flexibility index (Phi) is 5.59. The Hall–Kier alpha value is -1.59. The predicted molar refractivity (Wildman–Crippen MR) is 83.2 cm³/mol. The van der Waals surface area contributed by atoms with Crippen LogP contribution in [0, 0.1) is 0 Å². The van der Waals surface area contributed by atoms with Gasteiger partial charge in [0.25, 0.3) is 0 Å². The summed E-state index contributed by atoms with van der Waals surface area (Å²) in [6.45, 7) is 4.36. The van der Waals surface area contributed by atoms with Gasteiger partial charge >= 0.3 is 0 Å². The van der Waals surface area contributed by atoms with E-state index in [1.807, 2.05) is 18.2 Å². The molecule has 2 rings (SSSR count). The molecule has 5 heteroatoms. The average Bonchev–Trinajstić information content (AvgIpc) is 2.48. The summed E-state index contributed by atoms with van der Waals surface area (Å²) in [5.74, 6) is 0.674. The minimum absolute atomic E-state index is 0.244. The number of ether oxygens (including phenoxy) is 1. The molecule has 0 saturated carbocycles. The molecule has 3 N–H and O–H groups in total. The number of carbonyl (C=O) groups is 1. The molecule has 1 saturated heterocycles. The third-order valence-electron chi connectivity index (χ3n) is 4.06. The summed E-state index contributed by atoms with van der Waals surface area (Å²) in [7, 11) is 1.70. The number of likely N-dealkylation sites (tertiary alicyclic amines) is 1. The van der Waals surface area contributed by atoms with Crippen molar-refractivity contribution in [2.45, 2.75) is 31.8 Å². The van der Waals surface area contributed by atoms with Crippen LogP contribution in [0.1, 0.15) is 31.4 Å². The topological polar surface area (TPSA) is 67.6 Å². The molecule has 0 bridgehead atoms. The predicted octanol–water partition coefficient (Wildman–Crippen LogP) is 1.30. The number of benzene rings is 1. The van der Waals surface area contributed by atoms with Crippen molar-refractivity contribution in [3.8, 4) is 5.75 Å². The summed E-state index contributed by atoms with van der Waals surface area (Å²) in [6.07, 6.45) is 2.07. The molecular formula is C16H25N3O2. The van der Waals surface area contributed by atoms with Crippen LogP contribution in [0.3, 0.4) is 0 Å². The van der Waals surface area contributed by atoms with Crippen LogP contribution in [-0.2, 0) is 4.79 Å². The summed E-state index contributed by atoms with van der Waals surface area (Å²) in [4.78, 5) is 13.1. The van der Waals surface area contributed by atoms with Gasteiger partial charge in [-0.05, 0) is 25.8 Å². The van der Waals surface area contributed by atoms with E-state index in [-0.39, 0.29) is 11.9 Å². The van der Waals surface area contributed by atoms with Crippen LogP contribution in [-0.4, -0.2) is 43.6 Å². The Morgan fingerprint density at radius 2 is 2.10 bits per heavy atom. The molecule has 0 spiro atoms. The van der Waals surface area contributed by atoms with Crippen molar-refractivity contribution in [3.63, 3.8) is 0 Å². The van der Waals surface area contributed by atoms with E-state index in [9.17, 15) is 4.79 Å². The molecule has 1 aromatic rings. The Bertz CT molecular complexity index is 470. The minimum atomic E-state index is -0.246. The number of hydrogen-bond acceptors (Lipinski definition) is 4. The van der Waals surface area contributed by atoms with Gasteiger partial charge < -0.3 is 15.8 Å². The fraction of sp³-hybridized carbons (Fsp3) is 0.562. The van der Waals surface area contributed by atoms with Crippen LogP contribution in [0.2, 0.25) is 0 Å². The van der Waals surface area contributed by atoms with E-state index in [2.05, 4.69) is 23.2 Å². The lowest BCUT2D eigenvalue weighted by Gasteiger charge is -2.33. The van der Waals surface area contributed by atoms with E-state index in [0.29, 0.717) is 12.6 Å². The molecule has 116 valence electrons. The summed E-state index contributed by atoms with van der Waals surface area (Å²) in [5, 5.41) is 3.66. The van der Waals surface area contributed by atoms with Gasteiger partial charge in [-0.15, -0.1) is 0 Å². The minimum Gasteiger partial charge on any atom is -0.496 e. The molecule has 1 aliphatic rings. The Labute approximate surface area is 126 Å². The number of primary amides is 1. The molecule has 1 fully saturated rings. The fourth-order valence-electron chi connectivity index (χ4n) is 2.95. The average molecular weight is 291 g/mol. The number of rotatable bonds is 6. The normalized spacial score (nSPS) is 18.4. The lowest BCUT2D eigenvalue weighted by molar-refractivity contribution is -0.119. The Morgan fingerprint density at radius 1 is 1.43 bits per heavy atom. The van der Waals surface area contributed by atoms with Crippen molar-refractivity contribution in [1.82, 2.24) is 10.2 Å². The molecule has 1 amide bonds. The SMILES string of the molecule is COc1ccccc1C(C)NC1CCN(CC(N)=O)CC1. The lowest BCUT2D eigenvalue weighted by Crippen LogP contribution is -2.45. The maximum Gasteiger partial charge on any atom is 0.231 e. The number of nitrogens with one attached hydrogen (secondary N) is 1. The van der Waals surface area contributed by atoms with Gasteiger partial charge in [0.05, 0.1) is 13.7 Å². The van der Waals surface area contributed by atoms with Gasteiger partial charge in [0, 0.05) is 30.7 Å². The fourth-order valence-corrected chi connectivity index (χ4v) is 2.95. The molecule has 5 nitrogen and oxygen atoms in total. The maximum atomic E-state index is 10.9. The van der Waals surface area contributed by atoms with Crippen molar-refractivity contribution >= 4 is 5.91 Å². The highest BCUT2D eigenvalue weighted by molar-refractivity contribution is 5.75. The number of para-hydroxylation sites is 1. The molecule has 0 radical (unpaired) electrons. The van der Waals surface area contributed by atoms with Gasteiger partial charge in [-0.25, -0.2) is 0 Å². The molecule has 1 heterocycles. The highest BCUT2D eigenvalue weighted by Crippen LogP contribution is 2.25. The van der Waals surface area contributed by atoms with Gasteiger partial charge in [-0.1, -0.05) is 18.2 Å². The molecule has 1 aliphatic heterocycles. The second-order valence-corrected chi connectivity index (χ2v) is 5.65. The van der Waals surface area contributed by atoms with Gasteiger partial charge in [0.15, 0.2) is 0 Å². The lowest BCUT2D eigenvalue weighted by atomic mass is 10.0. The first-order valence-corrected chi connectivity index (χ1v) is 7.49. The Balaban J connectivity index is 1.87. The highest BCUT2D eigenvalue weighted by Gasteiger charge is 2.22. The van der Waals surface area contributed by atoms with Crippen LogP contribution >= 0.6 is 0 Å². The summed E-state index contributed by atoms with van der Waals surface area (Å²) in [5.41, 5.74) is 6.42. The molecule has 1 atom stereocenters. The number of piperidine rings is 1. The Morgan fingerprint density at radius 3 is 2.71 bits per heavy atom. The number of amides is 1. The zero-order valence-corrected chi connectivity index (χ0v) is 12.8. The summed E-state index contributed by atoms with van der Waals surface area (Å²) < 4.78 is 5.42. The number of methoxy groups -OCH3 is 1. The van der Waals surface area contributed by atoms with Gasteiger partial charge in [-0.2, -0.15) is 0 Å². The zero-order chi connectivity index (χ0) is 15.2. The number of carbonyl (C=O) groups excluding carboxylic acids is 1. The van der Waals surface area contributed by atoms with Crippen LogP contribution in [0.25, 0.3) is 0 Å². The smallest absolute Gasteiger partial charge is 0.231 e. The van der Waals surface area contributed by atoms with E-state index < -0.39 is 0 Å². The molecule has 0 aromatic heterocycles. The van der Waals surface area contributed by atoms with Crippen molar-refractivity contribution in [2.75, 3.05) is 26.7 Å². The van der Waals surface area contributed by atoms with Gasteiger partial charge in [-0.3, -0.25) is 9.69 Å². The van der Waals surface area contributed by atoms with Crippen molar-refractivity contribution in [1.29, 1.82) is 0 Å². The van der Waals surface area contributed by atoms with Crippen molar-refractivity contribution in [2.24, 2.45) is 5.73 Å². The van der Waals surface area contributed by atoms with Crippen LogP contribution in [0.15, 0.2) is 24.3 Å². The largest absolute Gasteiger partial charge is 0.496 e.